The van der Waals surface area contributed by atoms with Crippen molar-refractivity contribution in [1.29, 1.82) is 0 Å². The van der Waals surface area contributed by atoms with Crippen molar-refractivity contribution in [2.45, 2.75) is 19.4 Å². The van der Waals surface area contributed by atoms with Gasteiger partial charge in [0.05, 0.1) is 17.8 Å². The lowest BCUT2D eigenvalue weighted by molar-refractivity contribution is -0.390. The number of hydrogen-bond donors (Lipinski definition) is 0. The van der Waals surface area contributed by atoms with E-state index in [1.165, 1.54) is 4.68 Å². The molecular formula is C15H15BrN4O3. The van der Waals surface area contributed by atoms with Crippen LogP contribution in [0.25, 0.3) is 0 Å². The van der Waals surface area contributed by atoms with Crippen molar-refractivity contribution in [1.82, 2.24) is 14.7 Å². The summed E-state index contributed by atoms with van der Waals surface area (Å²) >= 11 is 3.12. The lowest BCUT2D eigenvalue weighted by Gasteiger charge is -2.15. The Morgan fingerprint density at radius 1 is 1.26 bits per heavy atom. The number of nitrogens with zero attached hydrogens (tertiary/aromatic N) is 4. The van der Waals surface area contributed by atoms with E-state index in [2.05, 4.69) is 21.0 Å². The molecule has 1 fully saturated rings. The lowest BCUT2D eigenvalue weighted by Crippen LogP contribution is -2.27. The second-order valence-electron chi connectivity index (χ2n) is 5.45. The number of rotatable bonds is 4. The molecule has 3 rings (SSSR count). The average molecular weight is 379 g/mol. The molecule has 1 aliphatic heterocycles. The van der Waals surface area contributed by atoms with Crippen LogP contribution in [0.3, 0.4) is 0 Å². The third-order valence-electron chi connectivity index (χ3n) is 3.81. The molecule has 1 aliphatic rings. The van der Waals surface area contributed by atoms with E-state index in [4.69, 9.17) is 0 Å². The van der Waals surface area contributed by atoms with Crippen molar-refractivity contribution in [2.75, 3.05) is 13.1 Å². The molecule has 0 N–H and O–H groups in total. The molecule has 1 amide bonds. The quantitative estimate of drug-likeness (QED) is 0.604. The molecule has 23 heavy (non-hydrogen) atoms. The molecule has 0 atom stereocenters. The monoisotopic (exact) mass is 378 g/mol. The van der Waals surface area contributed by atoms with Crippen LogP contribution in [0.2, 0.25) is 0 Å². The van der Waals surface area contributed by atoms with Gasteiger partial charge in [0.1, 0.15) is 4.47 Å². The van der Waals surface area contributed by atoms with Gasteiger partial charge in [-0.1, -0.05) is 12.1 Å². The van der Waals surface area contributed by atoms with Crippen molar-refractivity contribution in [2.24, 2.45) is 0 Å². The summed E-state index contributed by atoms with van der Waals surface area (Å²) in [6, 6.07) is 7.29. The fourth-order valence-electron chi connectivity index (χ4n) is 2.63. The average Bonchev–Trinajstić information content (AvgIpc) is 3.17. The molecule has 0 radical (unpaired) electrons. The fourth-order valence-corrected chi connectivity index (χ4v) is 3.09. The van der Waals surface area contributed by atoms with Crippen LogP contribution in [0.5, 0.6) is 0 Å². The topological polar surface area (TPSA) is 81.3 Å². The Morgan fingerprint density at radius 3 is 2.48 bits per heavy atom. The highest BCUT2D eigenvalue weighted by atomic mass is 79.9. The van der Waals surface area contributed by atoms with Gasteiger partial charge in [0.2, 0.25) is 0 Å². The first-order valence-corrected chi connectivity index (χ1v) is 8.09. The highest BCUT2D eigenvalue weighted by molar-refractivity contribution is 9.10. The van der Waals surface area contributed by atoms with Gasteiger partial charge in [0.15, 0.2) is 0 Å². The number of halogens is 1. The Morgan fingerprint density at radius 2 is 1.91 bits per heavy atom. The second kappa shape index (κ2) is 6.49. The molecule has 7 nitrogen and oxygen atoms in total. The molecule has 0 saturated carbocycles. The molecule has 0 aliphatic carbocycles. The number of hydrogen-bond acceptors (Lipinski definition) is 4. The Balaban J connectivity index is 1.71. The summed E-state index contributed by atoms with van der Waals surface area (Å²) in [5.74, 6) is -0.141. The minimum Gasteiger partial charge on any atom is -0.358 e. The first-order valence-electron chi connectivity index (χ1n) is 7.30. The van der Waals surface area contributed by atoms with Crippen LogP contribution >= 0.6 is 15.9 Å². The van der Waals surface area contributed by atoms with E-state index in [0.29, 0.717) is 16.6 Å². The summed E-state index contributed by atoms with van der Waals surface area (Å²) in [6.45, 7) is 2.06. The zero-order valence-corrected chi connectivity index (χ0v) is 13.9. The van der Waals surface area contributed by atoms with Crippen molar-refractivity contribution < 1.29 is 9.72 Å². The molecule has 8 heteroatoms. The van der Waals surface area contributed by atoms with Crippen LogP contribution in [0.15, 0.2) is 34.9 Å². The molecule has 0 bridgehead atoms. The maximum absolute atomic E-state index is 12.3. The second-order valence-corrected chi connectivity index (χ2v) is 6.31. The number of nitro groups is 1. The van der Waals surface area contributed by atoms with Gasteiger partial charge in [0, 0.05) is 18.7 Å². The number of amides is 1. The highest BCUT2D eigenvalue weighted by Crippen LogP contribution is 2.22. The molecular weight excluding hydrogens is 364 g/mol. The minimum atomic E-state index is -0.529. The first-order chi connectivity index (χ1) is 11.0. The van der Waals surface area contributed by atoms with Crippen molar-refractivity contribution in [3.63, 3.8) is 0 Å². The number of likely N-dealkylation sites (tertiary alicyclic amines) is 1. The van der Waals surface area contributed by atoms with E-state index in [0.717, 1.165) is 31.5 Å². The van der Waals surface area contributed by atoms with Crippen LogP contribution in [-0.2, 0) is 6.54 Å². The maximum atomic E-state index is 12.3. The Bertz CT molecular complexity index is 736. The summed E-state index contributed by atoms with van der Waals surface area (Å²) in [6.07, 6.45) is 3.70. The van der Waals surface area contributed by atoms with Gasteiger partial charge in [-0.05, 0) is 51.4 Å². The van der Waals surface area contributed by atoms with Gasteiger partial charge in [-0.25, -0.2) is 0 Å². The van der Waals surface area contributed by atoms with Gasteiger partial charge in [-0.15, -0.1) is 0 Å². The third-order valence-corrected chi connectivity index (χ3v) is 4.37. The Labute approximate surface area is 141 Å². The highest BCUT2D eigenvalue weighted by Gasteiger charge is 2.20. The first kappa shape index (κ1) is 15.7. The van der Waals surface area contributed by atoms with Crippen LogP contribution in [0.1, 0.15) is 28.8 Å². The summed E-state index contributed by atoms with van der Waals surface area (Å²) in [5, 5.41) is 14.7. The molecule has 2 aromatic rings. The van der Waals surface area contributed by atoms with E-state index in [1.54, 1.807) is 18.3 Å². The summed E-state index contributed by atoms with van der Waals surface area (Å²) < 4.78 is 1.85. The SMILES string of the molecule is O=C(c1ccc(Cn2cc(Br)c([N+](=O)[O-])n2)cc1)N1CCCC1. The largest absolute Gasteiger partial charge is 0.404 e. The van der Waals surface area contributed by atoms with E-state index in [9.17, 15) is 14.9 Å². The Hall–Kier alpha value is -2.22. The molecule has 120 valence electrons. The van der Waals surface area contributed by atoms with Crippen molar-refractivity contribution >= 4 is 27.7 Å². The summed E-state index contributed by atoms with van der Waals surface area (Å²) in [4.78, 5) is 24.4. The molecule has 1 saturated heterocycles. The number of carbonyl (C=O) groups excluding carboxylic acids is 1. The molecule has 0 spiro atoms. The van der Waals surface area contributed by atoms with E-state index >= 15 is 0 Å². The van der Waals surface area contributed by atoms with Crippen LogP contribution in [0.4, 0.5) is 5.82 Å². The zero-order chi connectivity index (χ0) is 16.4. The maximum Gasteiger partial charge on any atom is 0.404 e. The van der Waals surface area contributed by atoms with Crippen LogP contribution in [-0.4, -0.2) is 38.6 Å². The van der Waals surface area contributed by atoms with E-state index < -0.39 is 4.92 Å². The third kappa shape index (κ3) is 3.42. The van der Waals surface area contributed by atoms with E-state index in [1.807, 2.05) is 17.0 Å². The van der Waals surface area contributed by atoms with Gasteiger partial charge >= 0.3 is 5.82 Å². The van der Waals surface area contributed by atoms with Gasteiger partial charge in [-0.2, -0.15) is 4.68 Å². The molecule has 1 aromatic heterocycles. The Kier molecular flexibility index (Phi) is 4.42. The zero-order valence-electron chi connectivity index (χ0n) is 12.3. The molecule has 1 aromatic carbocycles. The van der Waals surface area contributed by atoms with Crippen LogP contribution in [0, 0.1) is 10.1 Å². The van der Waals surface area contributed by atoms with Crippen LogP contribution < -0.4 is 0 Å². The number of carbonyl (C=O) groups is 1. The number of benzene rings is 1. The van der Waals surface area contributed by atoms with Crippen molar-refractivity contribution in [3.05, 3.63) is 56.2 Å². The molecule has 0 unspecified atom stereocenters. The van der Waals surface area contributed by atoms with Crippen molar-refractivity contribution in [3.8, 4) is 0 Å². The minimum absolute atomic E-state index is 0.0616. The van der Waals surface area contributed by atoms with Gasteiger partial charge in [0.25, 0.3) is 5.91 Å². The predicted octanol–water partition coefficient (Wildman–Crippen LogP) is 2.84. The fraction of sp³-hybridized carbons (Fsp3) is 0.333. The molecule has 2 heterocycles. The smallest absolute Gasteiger partial charge is 0.358 e. The van der Waals surface area contributed by atoms with Gasteiger partial charge in [-0.3, -0.25) is 4.79 Å². The number of aromatic nitrogens is 2. The summed E-state index contributed by atoms with van der Waals surface area (Å²) in [5.41, 5.74) is 1.59. The standard InChI is InChI=1S/C15H15BrN4O3/c16-13-10-19(17-14(13)20(22)23)9-11-3-5-12(6-4-11)15(21)18-7-1-2-8-18/h3-6,10H,1-2,7-9H2. The summed E-state index contributed by atoms with van der Waals surface area (Å²) in [7, 11) is 0. The van der Waals surface area contributed by atoms with Gasteiger partial charge < -0.3 is 15.0 Å². The predicted molar refractivity (Wildman–Crippen MR) is 87.3 cm³/mol. The normalized spacial score (nSPS) is 14.2. The lowest BCUT2D eigenvalue weighted by atomic mass is 10.1. The van der Waals surface area contributed by atoms with E-state index in [-0.39, 0.29) is 11.7 Å².